The second kappa shape index (κ2) is 6.76. The fourth-order valence-corrected chi connectivity index (χ4v) is 2.19. The van der Waals surface area contributed by atoms with Crippen LogP contribution in [-0.4, -0.2) is 15.2 Å². The Bertz CT molecular complexity index is 880. The summed E-state index contributed by atoms with van der Waals surface area (Å²) in [7, 11) is 0. The Morgan fingerprint density at radius 3 is 2.36 bits per heavy atom. The minimum Gasteiger partial charge on any atom is -0.339 e. The highest BCUT2D eigenvalue weighted by Crippen LogP contribution is 2.31. The summed E-state index contributed by atoms with van der Waals surface area (Å²) in [5.41, 5.74) is 1.38. The van der Waals surface area contributed by atoms with E-state index in [9.17, 15) is 13.2 Å². The van der Waals surface area contributed by atoms with Crippen LogP contribution in [0.1, 0.15) is 11.1 Å². The zero-order chi connectivity index (χ0) is 17.9. The van der Waals surface area contributed by atoms with Crippen LogP contribution < -0.4 is 10.6 Å². The lowest BCUT2D eigenvalue weighted by molar-refractivity contribution is -0.137. The van der Waals surface area contributed by atoms with Crippen molar-refractivity contribution in [3.63, 3.8) is 0 Å². The molecule has 2 aromatic carbocycles. The predicted molar refractivity (Wildman–Crippen MR) is 89.0 cm³/mol. The Kier molecular flexibility index (Phi) is 4.51. The topological polar surface area (TPSA) is 62.7 Å². The first kappa shape index (κ1) is 16.7. The summed E-state index contributed by atoms with van der Waals surface area (Å²) in [6.07, 6.45) is -2.98. The van der Waals surface area contributed by atoms with E-state index in [0.29, 0.717) is 5.82 Å². The number of aryl methyl sites for hydroxylation is 1. The summed E-state index contributed by atoms with van der Waals surface area (Å²) in [4.78, 5) is 4.21. The number of hydrogen-bond donors (Lipinski definition) is 2. The van der Waals surface area contributed by atoms with E-state index in [2.05, 4.69) is 25.8 Å². The molecule has 3 rings (SSSR count). The van der Waals surface area contributed by atoms with Crippen LogP contribution in [0.25, 0.3) is 0 Å². The summed E-state index contributed by atoms with van der Waals surface area (Å²) in [6.45, 7) is 1.96. The maximum Gasteiger partial charge on any atom is 0.416 e. The fraction of sp³-hybridized carbons (Fsp3) is 0.118. The van der Waals surface area contributed by atoms with Gasteiger partial charge in [0.05, 0.1) is 11.8 Å². The van der Waals surface area contributed by atoms with Gasteiger partial charge in [0, 0.05) is 11.4 Å². The minimum absolute atomic E-state index is 0.0944. The van der Waals surface area contributed by atoms with E-state index in [1.165, 1.54) is 18.3 Å². The molecule has 0 unspecified atom stereocenters. The van der Waals surface area contributed by atoms with E-state index in [0.717, 1.165) is 23.4 Å². The number of rotatable bonds is 4. The van der Waals surface area contributed by atoms with E-state index < -0.39 is 11.7 Å². The molecule has 5 nitrogen and oxygen atoms in total. The molecule has 0 aliphatic rings. The Morgan fingerprint density at radius 2 is 1.64 bits per heavy atom. The molecule has 0 radical (unpaired) electrons. The molecule has 25 heavy (non-hydrogen) atoms. The Labute approximate surface area is 141 Å². The number of anilines is 4. The van der Waals surface area contributed by atoms with Gasteiger partial charge < -0.3 is 10.6 Å². The molecule has 0 saturated carbocycles. The summed E-state index contributed by atoms with van der Waals surface area (Å²) < 4.78 is 38.3. The zero-order valence-corrected chi connectivity index (χ0v) is 13.2. The highest BCUT2D eigenvalue weighted by Gasteiger charge is 2.30. The van der Waals surface area contributed by atoms with Crippen LogP contribution in [0.5, 0.6) is 0 Å². The van der Waals surface area contributed by atoms with E-state index in [1.54, 1.807) is 0 Å². The van der Waals surface area contributed by atoms with Gasteiger partial charge in [0.1, 0.15) is 0 Å². The van der Waals surface area contributed by atoms with Gasteiger partial charge in [0.15, 0.2) is 5.82 Å². The highest BCUT2D eigenvalue weighted by molar-refractivity contribution is 5.59. The van der Waals surface area contributed by atoms with Crippen molar-refractivity contribution in [1.82, 2.24) is 15.2 Å². The van der Waals surface area contributed by atoms with E-state index in [1.807, 2.05) is 31.2 Å². The number of nitrogens with zero attached hydrogens (tertiary/aromatic N) is 3. The van der Waals surface area contributed by atoms with Gasteiger partial charge >= 0.3 is 6.18 Å². The van der Waals surface area contributed by atoms with Gasteiger partial charge in [-0.05, 0) is 42.8 Å². The fourth-order valence-electron chi connectivity index (χ4n) is 2.19. The van der Waals surface area contributed by atoms with Gasteiger partial charge in [-0.3, -0.25) is 0 Å². The van der Waals surface area contributed by atoms with E-state index in [-0.39, 0.29) is 11.6 Å². The second-order valence-corrected chi connectivity index (χ2v) is 5.36. The molecule has 8 heteroatoms. The van der Waals surface area contributed by atoms with Crippen molar-refractivity contribution in [2.24, 2.45) is 0 Å². The summed E-state index contributed by atoms with van der Waals surface area (Å²) in [6, 6.07) is 12.5. The SMILES string of the molecule is Cc1cccc(Nc2cnnc(Nc3cccc(C(F)(F)F)c3)n2)c1. The van der Waals surface area contributed by atoms with Crippen molar-refractivity contribution in [3.05, 3.63) is 65.9 Å². The molecule has 0 bridgehead atoms. The smallest absolute Gasteiger partial charge is 0.339 e. The van der Waals surface area contributed by atoms with Crippen LogP contribution in [0.15, 0.2) is 54.7 Å². The average Bonchev–Trinajstić information content (AvgIpc) is 2.55. The molecule has 0 spiro atoms. The maximum absolute atomic E-state index is 12.8. The lowest BCUT2D eigenvalue weighted by atomic mass is 10.2. The molecule has 3 aromatic rings. The zero-order valence-electron chi connectivity index (χ0n) is 13.2. The van der Waals surface area contributed by atoms with E-state index in [4.69, 9.17) is 0 Å². The molecular weight excluding hydrogens is 331 g/mol. The van der Waals surface area contributed by atoms with Crippen LogP contribution in [0.2, 0.25) is 0 Å². The van der Waals surface area contributed by atoms with Crippen molar-refractivity contribution in [3.8, 4) is 0 Å². The van der Waals surface area contributed by atoms with Crippen LogP contribution in [0.4, 0.5) is 36.3 Å². The molecule has 0 fully saturated rings. The summed E-state index contributed by atoms with van der Waals surface area (Å²) >= 11 is 0. The number of hydrogen-bond acceptors (Lipinski definition) is 5. The number of halogens is 3. The maximum atomic E-state index is 12.8. The number of benzene rings is 2. The molecule has 0 saturated heterocycles. The molecule has 128 valence electrons. The first-order chi connectivity index (χ1) is 11.9. The Morgan fingerprint density at radius 1 is 0.920 bits per heavy atom. The van der Waals surface area contributed by atoms with Crippen molar-refractivity contribution >= 4 is 23.1 Å². The predicted octanol–water partition coefficient (Wildman–Crippen LogP) is 4.69. The first-order valence-corrected chi connectivity index (χ1v) is 7.38. The van der Waals surface area contributed by atoms with Crippen LogP contribution in [-0.2, 0) is 6.18 Å². The quantitative estimate of drug-likeness (QED) is 0.718. The molecule has 1 aromatic heterocycles. The molecule has 0 atom stereocenters. The van der Waals surface area contributed by atoms with Gasteiger partial charge in [-0.2, -0.15) is 23.3 Å². The van der Waals surface area contributed by atoms with Crippen molar-refractivity contribution in [1.29, 1.82) is 0 Å². The minimum atomic E-state index is -4.41. The molecule has 0 aliphatic carbocycles. The van der Waals surface area contributed by atoms with Crippen LogP contribution >= 0.6 is 0 Å². The van der Waals surface area contributed by atoms with Gasteiger partial charge in [-0.15, -0.1) is 5.10 Å². The Balaban J connectivity index is 1.78. The lowest BCUT2D eigenvalue weighted by Gasteiger charge is -2.10. The van der Waals surface area contributed by atoms with Crippen LogP contribution in [0.3, 0.4) is 0 Å². The number of nitrogens with one attached hydrogen (secondary N) is 2. The van der Waals surface area contributed by atoms with Crippen molar-refractivity contribution in [2.75, 3.05) is 10.6 Å². The third kappa shape index (κ3) is 4.43. The van der Waals surface area contributed by atoms with Crippen molar-refractivity contribution < 1.29 is 13.2 Å². The lowest BCUT2D eigenvalue weighted by Crippen LogP contribution is -2.06. The van der Waals surface area contributed by atoms with E-state index >= 15 is 0 Å². The molecule has 0 aliphatic heterocycles. The Hall–Kier alpha value is -3.16. The monoisotopic (exact) mass is 345 g/mol. The largest absolute Gasteiger partial charge is 0.416 e. The third-order valence-electron chi connectivity index (χ3n) is 3.30. The van der Waals surface area contributed by atoms with Gasteiger partial charge in [-0.25, -0.2) is 0 Å². The molecule has 2 N–H and O–H groups in total. The average molecular weight is 345 g/mol. The molecule has 0 amide bonds. The van der Waals surface area contributed by atoms with Gasteiger partial charge in [0.2, 0.25) is 5.95 Å². The summed E-state index contributed by atoms with van der Waals surface area (Å²) in [5, 5.41) is 13.4. The molecule has 1 heterocycles. The van der Waals surface area contributed by atoms with Gasteiger partial charge in [-0.1, -0.05) is 18.2 Å². The first-order valence-electron chi connectivity index (χ1n) is 7.38. The van der Waals surface area contributed by atoms with Gasteiger partial charge in [0.25, 0.3) is 0 Å². The molecular formula is C17H14F3N5. The number of alkyl halides is 3. The third-order valence-corrected chi connectivity index (χ3v) is 3.30. The summed E-state index contributed by atoms with van der Waals surface area (Å²) in [5.74, 6) is 0.520. The standard InChI is InChI=1S/C17H14F3N5/c1-11-4-2-6-13(8-11)22-15-10-21-25-16(24-15)23-14-7-3-5-12(9-14)17(18,19)20/h2-10H,1H3,(H2,22,23,24,25). The normalized spacial score (nSPS) is 11.2. The van der Waals surface area contributed by atoms with Crippen LogP contribution in [0, 0.1) is 6.92 Å². The van der Waals surface area contributed by atoms with Crippen molar-refractivity contribution in [2.45, 2.75) is 13.1 Å². The highest BCUT2D eigenvalue weighted by atomic mass is 19.4. The number of aromatic nitrogens is 3. The second-order valence-electron chi connectivity index (χ2n) is 5.36.